The molecule has 32 heavy (non-hydrogen) atoms. The molecule has 1 unspecified atom stereocenters. The first-order valence-electron chi connectivity index (χ1n) is 9.61. The van der Waals surface area contributed by atoms with Crippen molar-refractivity contribution in [3.63, 3.8) is 0 Å². The van der Waals surface area contributed by atoms with Gasteiger partial charge in [-0.15, -0.1) is 0 Å². The molecule has 0 aliphatic heterocycles. The average molecular weight is 444 g/mol. The van der Waals surface area contributed by atoms with Crippen LogP contribution >= 0.6 is 0 Å². The number of carbonyl (C=O) groups excluding carboxylic acids is 2. The molecule has 0 aliphatic rings. The summed E-state index contributed by atoms with van der Waals surface area (Å²) in [6, 6.07) is 15.1. The summed E-state index contributed by atoms with van der Waals surface area (Å²) in [5, 5.41) is 23.1. The minimum atomic E-state index is -1.27. The summed E-state index contributed by atoms with van der Waals surface area (Å²) in [6.07, 6.45) is -1.50. The molecule has 2 rings (SSSR count). The summed E-state index contributed by atoms with van der Waals surface area (Å²) >= 11 is 0. The highest BCUT2D eigenvalue weighted by Crippen LogP contribution is 2.06. The molecule has 0 spiro atoms. The van der Waals surface area contributed by atoms with Gasteiger partial charge < -0.3 is 25.6 Å². The van der Waals surface area contributed by atoms with E-state index in [0.29, 0.717) is 5.56 Å². The third kappa shape index (κ3) is 9.29. The molecule has 2 amide bonds. The van der Waals surface area contributed by atoms with E-state index in [1.54, 1.807) is 54.6 Å². The van der Waals surface area contributed by atoms with E-state index in [-0.39, 0.29) is 26.9 Å². The third-order valence-corrected chi connectivity index (χ3v) is 4.37. The second-order valence-corrected chi connectivity index (χ2v) is 6.78. The number of benzene rings is 2. The van der Waals surface area contributed by atoms with Gasteiger partial charge in [0.2, 0.25) is 5.91 Å². The Morgan fingerprint density at radius 3 is 1.91 bits per heavy atom. The molecule has 0 radical (unpaired) electrons. The average Bonchev–Trinajstić information content (AvgIpc) is 2.75. The fourth-order valence-corrected chi connectivity index (χ4v) is 2.77. The van der Waals surface area contributed by atoms with E-state index in [0.717, 1.165) is 5.56 Å². The number of ether oxygens (including phenoxy) is 1. The number of rotatable bonds is 11. The number of nitrogens with one attached hydrogen (secondary N) is 2. The first-order valence-corrected chi connectivity index (χ1v) is 9.61. The van der Waals surface area contributed by atoms with E-state index in [1.807, 2.05) is 6.07 Å². The van der Waals surface area contributed by atoms with Gasteiger partial charge >= 0.3 is 18.0 Å². The normalized spacial score (nSPS) is 11.9. The molecular formula is C23H28N2O7. The topological polar surface area (TPSA) is 142 Å². The van der Waals surface area contributed by atoms with Crippen LogP contribution in [0.15, 0.2) is 60.7 Å². The zero-order valence-corrected chi connectivity index (χ0v) is 16.7. The fourth-order valence-electron chi connectivity index (χ4n) is 2.77. The Balaban J connectivity index is 0.00000512. The fraction of sp³-hybridized carbons (Fsp3) is 0.304. The molecule has 0 bridgehead atoms. The molecule has 0 saturated heterocycles. The Bertz CT molecular complexity index is 888. The maximum absolute atomic E-state index is 12.6. The quantitative estimate of drug-likeness (QED) is 0.417. The van der Waals surface area contributed by atoms with Crippen molar-refractivity contribution >= 4 is 23.9 Å². The molecule has 0 aromatic heterocycles. The van der Waals surface area contributed by atoms with Crippen LogP contribution in [-0.2, 0) is 32.1 Å². The van der Waals surface area contributed by atoms with Crippen molar-refractivity contribution in [2.45, 2.75) is 45.4 Å². The van der Waals surface area contributed by atoms with Crippen molar-refractivity contribution in [2.24, 2.45) is 0 Å². The van der Waals surface area contributed by atoms with Crippen LogP contribution < -0.4 is 10.6 Å². The Labute approximate surface area is 186 Å². The largest absolute Gasteiger partial charge is 0.481 e. The number of amides is 2. The molecule has 0 heterocycles. The standard InChI is InChI=1S/C22H24N2O7.CH4/c25-19(26)12-11-17(24-22(30)31-14-16-9-5-2-6-10-16)20(27)23-18(21(28)29)13-15-7-3-1-4-8-15;/h1-10,17-18H,11-14H2,(H,23,27)(H,24,30)(H,25,26)(H,28,29);1H4/t17-,18?;/m0./s1. The van der Waals surface area contributed by atoms with Crippen molar-refractivity contribution in [2.75, 3.05) is 0 Å². The number of hydrogen-bond acceptors (Lipinski definition) is 5. The Hall–Kier alpha value is -3.88. The molecule has 4 N–H and O–H groups in total. The van der Waals surface area contributed by atoms with Crippen LogP contribution in [-0.4, -0.2) is 46.2 Å². The minimum Gasteiger partial charge on any atom is -0.481 e. The Morgan fingerprint density at radius 1 is 0.812 bits per heavy atom. The first kappa shape index (κ1) is 26.2. The van der Waals surface area contributed by atoms with E-state index >= 15 is 0 Å². The van der Waals surface area contributed by atoms with E-state index in [4.69, 9.17) is 9.84 Å². The SMILES string of the molecule is C.O=C(O)CC[C@H](NC(=O)OCc1ccccc1)C(=O)NC(Cc1ccccc1)C(=O)O. The summed E-state index contributed by atoms with van der Waals surface area (Å²) in [6.45, 7) is -0.0360. The summed E-state index contributed by atoms with van der Waals surface area (Å²) < 4.78 is 5.07. The number of carboxylic acid groups (broad SMARTS) is 2. The number of aliphatic carboxylic acids is 2. The molecule has 9 heteroatoms. The summed E-state index contributed by atoms with van der Waals surface area (Å²) in [4.78, 5) is 47.3. The number of hydrogen-bond donors (Lipinski definition) is 4. The minimum absolute atomic E-state index is 0. The van der Waals surface area contributed by atoms with Gasteiger partial charge in [-0.1, -0.05) is 68.1 Å². The van der Waals surface area contributed by atoms with Crippen molar-refractivity contribution < 1.29 is 34.1 Å². The van der Waals surface area contributed by atoms with Gasteiger partial charge in [0.15, 0.2) is 0 Å². The Morgan fingerprint density at radius 2 is 1.38 bits per heavy atom. The van der Waals surface area contributed by atoms with Gasteiger partial charge in [0.1, 0.15) is 18.7 Å². The van der Waals surface area contributed by atoms with Gasteiger partial charge in [-0.05, 0) is 17.5 Å². The van der Waals surface area contributed by atoms with Gasteiger partial charge in [0, 0.05) is 12.8 Å². The predicted molar refractivity (Wildman–Crippen MR) is 117 cm³/mol. The highest BCUT2D eigenvalue weighted by Gasteiger charge is 2.27. The number of carboxylic acids is 2. The monoisotopic (exact) mass is 444 g/mol. The van der Waals surface area contributed by atoms with Crippen molar-refractivity contribution in [3.05, 3.63) is 71.8 Å². The lowest BCUT2D eigenvalue weighted by Gasteiger charge is -2.21. The number of alkyl carbamates (subject to hydrolysis) is 1. The maximum atomic E-state index is 12.6. The number of carbonyl (C=O) groups is 4. The van der Waals surface area contributed by atoms with E-state index < -0.39 is 42.4 Å². The van der Waals surface area contributed by atoms with Crippen LogP contribution in [0.1, 0.15) is 31.4 Å². The van der Waals surface area contributed by atoms with Crippen LogP contribution in [0.5, 0.6) is 0 Å². The van der Waals surface area contributed by atoms with Crippen LogP contribution in [0, 0.1) is 0 Å². The second-order valence-electron chi connectivity index (χ2n) is 6.78. The van der Waals surface area contributed by atoms with Crippen LogP contribution in [0.3, 0.4) is 0 Å². The summed E-state index contributed by atoms with van der Waals surface area (Å²) in [7, 11) is 0. The van der Waals surface area contributed by atoms with Gasteiger partial charge in [0.05, 0.1) is 0 Å². The predicted octanol–water partition coefficient (Wildman–Crippen LogP) is 2.59. The van der Waals surface area contributed by atoms with E-state index in [2.05, 4.69) is 10.6 Å². The van der Waals surface area contributed by atoms with Gasteiger partial charge in [0.25, 0.3) is 0 Å². The summed E-state index contributed by atoms with van der Waals surface area (Å²) in [5.41, 5.74) is 1.44. The lowest BCUT2D eigenvalue weighted by Crippen LogP contribution is -2.52. The Kier molecular flexibility index (Phi) is 11.0. The zero-order valence-electron chi connectivity index (χ0n) is 16.7. The van der Waals surface area contributed by atoms with Gasteiger partial charge in [-0.2, -0.15) is 0 Å². The molecule has 2 aromatic rings. The smallest absolute Gasteiger partial charge is 0.408 e. The second kappa shape index (κ2) is 13.4. The van der Waals surface area contributed by atoms with Crippen molar-refractivity contribution in [1.29, 1.82) is 0 Å². The molecule has 0 aliphatic carbocycles. The zero-order chi connectivity index (χ0) is 22.6. The highest BCUT2D eigenvalue weighted by atomic mass is 16.5. The van der Waals surface area contributed by atoms with Crippen molar-refractivity contribution in [3.8, 4) is 0 Å². The van der Waals surface area contributed by atoms with Gasteiger partial charge in [-0.25, -0.2) is 9.59 Å². The molecule has 2 atom stereocenters. The van der Waals surface area contributed by atoms with Crippen LogP contribution in [0.2, 0.25) is 0 Å². The summed E-state index contributed by atoms with van der Waals surface area (Å²) in [5.74, 6) is -3.21. The van der Waals surface area contributed by atoms with Gasteiger partial charge in [-0.3, -0.25) is 9.59 Å². The lowest BCUT2D eigenvalue weighted by atomic mass is 10.0. The van der Waals surface area contributed by atoms with Crippen LogP contribution in [0.4, 0.5) is 4.79 Å². The van der Waals surface area contributed by atoms with Crippen molar-refractivity contribution in [1.82, 2.24) is 10.6 Å². The molecule has 172 valence electrons. The van der Waals surface area contributed by atoms with Crippen LogP contribution in [0.25, 0.3) is 0 Å². The third-order valence-electron chi connectivity index (χ3n) is 4.37. The maximum Gasteiger partial charge on any atom is 0.408 e. The molecule has 0 fully saturated rings. The van der Waals surface area contributed by atoms with E-state index in [1.165, 1.54) is 0 Å². The first-order chi connectivity index (χ1) is 14.8. The lowest BCUT2D eigenvalue weighted by molar-refractivity contribution is -0.142. The highest BCUT2D eigenvalue weighted by molar-refractivity contribution is 5.89. The molecule has 0 saturated carbocycles. The molecule has 2 aromatic carbocycles. The van der Waals surface area contributed by atoms with E-state index in [9.17, 15) is 24.3 Å². The molecular weight excluding hydrogens is 416 g/mol. The molecule has 9 nitrogen and oxygen atoms in total.